The summed E-state index contributed by atoms with van der Waals surface area (Å²) < 4.78 is 0. The molecule has 1 aromatic heterocycles. The van der Waals surface area contributed by atoms with Crippen molar-refractivity contribution in [2.45, 2.75) is 32.7 Å². The minimum atomic E-state index is 0.814. The molecule has 1 saturated heterocycles. The Morgan fingerprint density at radius 2 is 2.39 bits per heavy atom. The highest BCUT2D eigenvalue weighted by Gasteiger charge is 2.19. The number of aromatic nitrogens is 1. The number of hydrogen-bond donors (Lipinski definition) is 1. The third kappa shape index (κ3) is 4.39. The fraction of sp³-hybridized carbons (Fsp3) is 0.667. The van der Waals surface area contributed by atoms with E-state index in [-0.39, 0.29) is 0 Å². The van der Waals surface area contributed by atoms with E-state index in [2.05, 4.69) is 34.3 Å². The minimum Gasteiger partial charge on any atom is -0.316 e. The molecule has 2 heterocycles. The Hall–Kier alpha value is -0.930. The van der Waals surface area contributed by atoms with E-state index in [1.807, 2.05) is 12.3 Å². The second kappa shape index (κ2) is 7.49. The SMILES string of the molecule is CCCNCC1CCCN(Cc2ccccn2)C1. The van der Waals surface area contributed by atoms with Crippen molar-refractivity contribution in [3.8, 4) is 0 Å². The van der Waals surface area contributed by atoms with E-state index >= 15 is 0 Å². The third-order valence-electron chi connectivity index (χ3n) is 3.57. The Labute approximate surface area is 111 Å². The normalized spacial score (nSPS) is 21.1. The standard InChI is InChI=1S/C15H25N3/c1-2-8-16-11-14-6-5-10-18(12-14)13-15-7-3-4-9-17-15/h3-4,7,9,14,16H,2,5-6,8,10-13H2,1H3. The van der Waals surface area contributed by atoms with Crippen molar-refractivity contribution >= 4 is 0 Å². The second-order valence-electron chi connectivity index (χ2n) is 5.27. The van der Waals surface area contributed by atoms with E-state index in [1.54, 1.807) is 0 Å². The Morgan fingerprint density at radius 3 is 3.17 bits per heavy atom. The summed E-state index contributed by atoms with van der Waals surface area (Å²) in [5, 5.41) is 3.55. The number of likely N-dealkylation sites (tertiary alicyclic amines) is 1. The lowest BCUT2D eigenvalue weighted by molar-refractivity contribution is 0.164. The summed E-state index contributed by atoms with van der Waals surface area (Å²) in [6.07, 6.45) is 5.81. The van der Waals surface area contributed by atoms with Gasteiger partial charge in [0.05, 0.1) is 5.69 Å². The lowest BCUT2D eigenvalue weighted by atomic mass is 9.98. The molecule has 1 unspecified atom stereocenters. The maximum atomic E-state index is 4.42. The molecule has 2 rings (SSSR count). The van der Waals surface area contributed by atoms with E-state index in [1.165, 1.54) is 44.6 Å². The van der Waals surface area contributed by atoms with E-state index in [0.717, 1.165) is 19.0 Å². The van der Waals surface area contributed by atoms with Crippen LogP contribution in [0.25, 0.3) is 0 Å². The molecule has 0 aromatic carbocycles. The topological polar surface area (TPSA) is 28.2 Å². The number of piperidine rings is 1. The largest absolute Gasteiger partial charge is 0.316 e. The van der Waals surface area contributed by atoms with Crippen LogP contribution in [-0.2, 0) is 6.54 Å². The van der Waals surface area contributed by atoms with Gasteiger partial charge in [-0.25, -0.2) is 0 Å². The summed E-state index contributed by atoms with van der Waals surface area (Å²) in [6.45, 7) is 7.99. The highest BCUT2D eigenvalue weighted by atomic mass is 15.1. The maximum absolute atomic E-state index is 4.42. The monoisotopic (exact) mass is 247 g/mol. The van der Waals surface area contributed by atoms with Crippen molar-refractivity contribution in [3.05, 3.63) is 30.1 Å². The Balaban J connectivity index is 1.76. The van der Waals surface area contributed by atoms with Gasteiger partial charge in [-0.2, -0.15) is 0 Å². The number of nitrogens with zero attached hydrogens (tertiary/aromatic N) is 2. The summed E-state index contributed by atoms with van der Waals surface area (Å²) in [5.41, 5.74) is 1.19. The van der Waals surface area contributed by atoms with Gasteiger partial charge in [0.2, 0.25) is 0 Å². The first-order valence-corrected chi connectivity index (χ1v) is 7.21. The fourth-order valence-electron chi connectivity index (χ4n) is 2.67. The smallest absolute Gasteiger partial charge is 0.0543 e. The zero-order valence-electron chi connectivity index (χ0n) is 11.4. The van der Waals surface area contributed by atoms with Crippen LogP contribution in [-0.4, -0.2) is 36.1 Å². The van der Waals surface area contributed by atoms with Crippen molar-refractivity contribution in [3.63, 3.8) is 0 Å². The number of pyridine rings is 1. The average Bonchev–Trinajstić information content (AvgIpc) is 2.41. The highest BCUT2D eigenvalue weighted by Crippen LogP contribution is 2.17. The zero-order chi connectivity index (χ0) is 12.6. The molecule has 1 fully saturated rings. The summed E-state index contributed by atoms with van der Waals surface area (Å²) in [5.74, 6) is 0.814. The van der Waals surface area contributed by atoms with Gasteiger partial charge in [-0.15, -0.1) is 0 Å². The van der Waals surface area contributed by atoms with Gasteiger partial charge >= 0.3 is 0 Å². The molecule has 1 aliphatic rings. The summed E-state index contributed by atoms with van der Waals surface area (Å²) in [7, 11) is 0. The zero-order valence-corrected chi connectivity index (χ0v) is 11.4. The molecule has 0 radical (unpaired) electrons. The molecule has 1 aliphatic heterocycles. The van der Waals surface area contributed by atoms with Crippen molar-refractivity contribution in [2.75, 3.05) is 26.2 Å². The van der Waals surface area contributed by atoms with Crippen LogP contribution in [0.1, 0.15) is 31.9 Å². The molecule has 0 bridgehead atoms. The number of nitrogens with one attached hydrogen (secondary N) is 1. The molecule has 0 aliphatic carbocycles. The predicted molar refractivity (Wildman–Crippen MR) is 75.4 cm³/mol. The van der Waals surface area contributed by atoms with E-state index in [9.17, 15) is 0 Å². The van der Waals surface area contributed by atoms with Crippen LogP contribution in [0.15, 0.2) is 24.4 Å². The lowest BCUT2D eigenvalue weighted by Gasteiger charge is -2.32. The van der Waals surface area contributed by atoms with Gasteiger partial charge in [0, 0.05) is 19.3 Å². The third-order valence-corrected chi connectivity index (χ3v) is 3.57. The van der Waals surface area contributed by atoms with Gasteiger partial charge in [0.15, 0.2) is 0 Å². The van der Waals surface area contributed by atoms with Crippen LogP contribution in [0, 0.1) is 5.92 Å². The molecule has 18 heavy (non-hydrogen) atoms. The lowest BCUT2D eigenvalue weighted by Crippen LogP contribution is -2.39. The van der Waals surface area contributed by atoms with E-state index in [4.69, 9.17) is 0 Å². The van der Waals surface area contributed by atoms with Crippen molar-refractivity contribution < 1.29 is 0 Å². The molecule has 0 spiro atoms. The quantitative estimate of drug-likeness (QED) is 0.782. The Morgan fingerprint density at radius 1 is 1.44 bits per heavy atom. The van der Waals surface area contributed by atoms with Crippen LogP contribution < -0.4 is 5.32 Å². The molecule has 0 saturated carbocycles. The molecule has 100 valence electrons. The van der Waals surface area contributed by atoms with Gasteiger partial charge in [0.1, 0.15) is 0 Å². The first kappa shape index (κ1) is 13.5. The van der Waals surface area contributed by atoms with Crippen LogP contribution >= 0.6 is 0 Å². The van der Waals surface area contributed by atoms with E-state index in [0.29, 0.717) is 0 Å². The van der Waals surface area contributed by atoms with Crippen LogP contribution in [0.2, 0.25) is 0 Å². The molecule has 3 heteroatoms. The van der Waals surface area contributed by atoms with Gasteiger partial charge in [-0.3, -0.25) is 9.88 Å². The van der Waals surface area contributed by atoms with Crippen molar-refractivity contribution in [1.82, 2.24) is 15.2 Å². The molecule has 1 atom stereocenters. The van der Waals surface area contributed by atoms with Crippen LogP contribution in [0.4, 0.5) is 0 Å². The maximum Gasteiger partial charge on any atom is 0.0543 e. The second-order valence-corrected chi connectivity index (χ2v) is 5.27. The number of rotatable bonds is 6. The van der Waals surface area contributed by atoms with Crippen molar-refractivity contribution in [1.29, 1.82) is 0 Å². The predicted octanol–water partition coefficient (Wildman–Crippen LogP) is 2.29. The van der Waals surface area contributed by atoms with Gasteiger partial charge in [0.25, 0.3) is 0 Å². The summed E-state index contributed by atoms with van der Waals surface area (Å²) >= 11 is 0. The summed E-state index contributed by atoms with van der Waals surface area (Å²) in [6, 6.07) is 6.18. The van der Waals surface area contributed by atoms with E-state index < -0.39 is 0 Å². The molecule has 3 nitrogen and oxygen atoms in total. The molecule has 0 amide bonds. The van der Waals surface area contributed by atoms with Gasteiger partial charge < -0.3 is 5.32 Å². The molecule has 1 aromatic rings. The summed E-state index contributed by atoms with van der Waals surface area (Å²) in [4.78, 5) is 6.96. The Kier molecular flexibility index (Phi) is 5.62. The fourth-order valence-corrected chi connectivity index (χ4v) is 2.67. The molecular weight excluding hydrogens is 222 g/mol. The molecule has 1 N–H and O–H groups in total. The van der Waals surface area contributed by atoms with Crippen molar-refractivity contribution in [2.24, 2.45) is 5.92 Å². The van der Waals surface area contributed by atoms with Crippen LogP contribution in [0.5, 0.6) is 0 Å². The first-order chi connectivity index (χ1) is 8.88. The van der Waals surface area contributed by atoms with Gasteiger partial charge in [-0.1, -0.05) is 13.0 Å². The minimum absolute atomic E-state index is 0.814. The van der Waals surface area contributed by atoms with Crippen LogP contribution in [0.3, 0.4) is 0 Å². The number of hydrogen-bond acceptors (Lipinski definition) is 3. The Bertz CT molecular complexity index is 326. The molecular formula is C15H25N3. The average molecular weight is 247 g/mol. The van der Waals surface area contributed by atoms with Gasteiger partial charge in [-0.05, 0) is 56.9 Å². The highest BCUT2D eigenvalue weighted by molar-refractivity contribution is 5.03. The first-order valence-electron chi connectivity index (χ1n) is 7.21.